The van der Waals surface area contributed by atoms with Gasteiger partial charge in [-0.25, -0.2) is 4.79 Å². The van der Waals surface area contributed by atoms with Crippen LogP contribution in [0.3, 0.4) is 0 Å². The fourth-order valence-electron chi connectivity index (χ4n) is 9.78. The highest BCUT2D eigenvalue weighted by Gasteiger charge is 2.70. The van der Waals surface area contributed by atoms with Gasteiger partial charge in [0.05, 0.1) is 12.7 Å². The Labute approximate surface area is 226 Å². The van der Waals surface area contributed by atoms with E-state index in [1.807, 2.05) is 13.0 Å². The molecule has 3 fully saturated rings. The molecule has 0 saturated heterocycles. The summed E-state index contributed by atoms with van der Waals surface area (Å²) in [6, 6.07) is 2.01. The predicted octanol–water partition coefficient (Wildman–Crippen LogP) is 5.04. The second-order valence-corrected chi connectivity index (χ2v) is 14.5. The van der Waals surface area contributed by atoms with Crippen LogP contribution in [0.2, 0.25) is 0 Å². The van der Waals surface area contributed by atoms with Crippen LogP contribution in [0, 0.1) is 50.7 Å². The second kappa shape index (κ2) is 8.03. The zero-order valence-electron chi connectivity index (χ0n) is 23.9. The number of hydrogen-bond acceptors (Lipinski definition) is 6. The molecule has 0 radical (unpaired) electrons. The number of allylic oxidation sites excluding steroid dienone is 3. The molecule has 38 heavy (non-hydrogen) atoms. The molecule has 2 N–H and O–H groups in total. The number of alkyl carbamates (subject to hydrolysis) is 1. The van der Waals surface area contributed by atoms with E-state index in [9.17, 15) is 24.8 Å². The lowest BCUT2D eigenvalue weighted by molar-refractivity contribution is -0.166. The van der Waals surface area contributed by atoms with Gasteiger partial charge in [-0.3, -0.25) is 9.59 Å². The normalized spacial score (nSPS) is 47.2. The number of fused-ring (bicyclic) bond motifs is 7. The lowest BCUT2D eigenvalue weighted by Gasteiger charge is -2.69. The molecule has 0 spiro atoms. The first kappa shape index (κ1) is 27.1. The summed E-state index contributed by atoms with van der Waals surface area (Å²) in [7, 11) is 1.38. The number of amides is 1. The van der Waals surface area contributed by atoms with Gasteiger partial charge in [0.15, 0.2) is 5.78 Å². The molecule has 0 aromatic rings. The van der Waals surface area contributed by atoms with Crippen molar-refractivity contribution in [1.82, 2.24) is 5.32 Å². The van der Waals surface area contributed by atoms with Crippen molar-refractivity contribution in [1.29, 1.82) is 5.26 Å². The third-order valence-electron chi connectivity index (χ3n) is 12.1. The van der Waals surface area contributed by atoms with Crippen LogP contribution in [0.25, 0.3) is 0 Å². The average Bonchev–Trinajstić information content (AvgIpc) is 2.83. The molecule has 0 aromatic heterocycles. The Morgan fingerprint density at radius 1 is 1.08 bits per heavy atom. The fourth-order valence-corrected chi connectivity index (χ4v) is 9.78. The Kier molecular flexibility index (Phi) is 5.73. The quantitative estimate of drug-likeness (QED) is 0.498. The Balaban J connectivity index is 1.68. The number of ketones is 2. The van der Waals surface area contributed by atoms with Gasteiger partial charge in [0.1, 0.15) is 11.7 Å². The third-order valence-corrected chi connectivity index (χ3v) is 12.1. The maximum Gasteiger partial charge on any atom is 0.407 e. The van der Waals surface area contributed by atoms with Gasteiger partial charge >= 0.3 is 6.09 Å². The van der Waals surface area contributed by atoms with Gasteiger partial charge in [0, 0.05) is 22.8 Å². The van der Waals surface area contributed by atoms with Gasteiger partial charge in [-0.15, -0.1) is 0 Å². The minimum Gasteiger partial charge on any atom is -0.453 e. The van der Waals surface area contributed by atoms with E-state index in [4.69, 9.17) is 4.74 Å². The molecule has 0 heterocycles. The summed E-state index contributed by atoms with van der Waals surface area (Å²) < 4.78 is 5.03. The largest absolute Gasteiger partial charge is 0.453 e. The van der Waals surface area contributed by atoms with Gasteiger partial charge in [0.2, 0.25) is 5.78 Å². The number of nitrogens with zero attached hydrogens (tertiary/aromatic N) is 1. The van der Waals surface area contributed by atoms with Crippen molar-refractivity contribution in [2.75, 3.05) is 7.11 Å². The number of Topliss-reactive ketones (excluding diaryl/α,β-unsaturated/α-hetero) is 1. The molecule has 5 rings (SSSR count). The van der Waals surface area contributed by atoms with Crippen molar-refractivity contribution < 1.29 is 24.2 Å². The van der Waals surface area contributed by atoms with Crippen LogP contribution >= 0.6 is 0 Å². The van der Waals surface area contributed by atoms with Gasteiger partial charge in [-0.1, -0.05) is 46.3 Å². The van der Waals surface area contributed by atoms with Crippen LogP contribution in [0.1, 0.15) is 86.5 Å². The number of ether oxygens (including phenoxy) is 1. The van der Waals surface area contributed by atoms with Crippen molar-refractivity contribution >= 4 is 17.7 Å². The highest BCUT2D eigenvalue weighted by molar-refractivity contribution is 6.06. The number of methoxy groups -OCH3 is 1. The van der Waals surface area contributed by atoms with E-state index in [2.05, 4.69) is 33.0 Å². The predicted molar refractivity (Wildman–Crippen MR) is 142 cm³/mol. The van der Waals surface area contributed by atoms with E-state index < -0.39 is 34.3 Å². The zero-order valence-corrected chi connectivity index (χ0v) is 23.9. The van der Waals surface area contributed by atoms with E-state index >= 15 is 0 Å². The van der Waals surface area contributed by atoms with Crippen molar-refractivity contribution in [3.05, 3.63) is 23.3 Å². The molecule has 1 amide bonds. The van der Waals surface area contributed by atoms with Crippen molar-refractivity contribution in [3.63, 3.8) is 0 Å². The van der Waals surface area contributed by atoms with Crippen LogP contribution in [0.15, 0.2) is 23.3 Å². The summed E-state index contributed by atoms with van der Waals surface area (Å²) in [5, 5.41) is 24.4. The Morgan fingerprint density at radius 2 is 1.74 bits per heavy atom. The molecule has 8 atom stereocenters. The lowest BCUT2D eigenvalue weighted by Crippen LogP contribution is -2.70. The van der Waals surface area contributed by atoms with Crippen LogP contribution < -0.4 is 5.32 Å². The van der Waals surface area contributed by atoms with Gasteiger partial charge in [-0.2, -0.15) is 5.26 Å². The monoisotopic (exact) mass is 522 g/mol. The summed E-state index contributed by atoms with van der Waals surface area (Å²) >= 11 is 0. The summed E-state index contributed by atoms with van der Waals surface area (Å²) in [6.45, 7) is 12.5. The summed E-state index contributed by atoms with van der Waals surface area (Å²) in [4.78, 5) is 39.9. The molecule has 0 aliphatic heterocycles. The SMILES string of the molecule is COC(=O)N[C@]12CCC(C)(C)CC1[C@@H]1C(=O)C=C3[C@@]4(C)C=C(C#N)C(=O)[C@@](C)(O)C4CC[C@@]3(C)[C@]1(C)CC2. The Hall–Kier alpha value is -2.46. The molecule has 206 valence electrons. The Bertz CT molecular complexity index is 1220. The number of carbonyl (C=O) groups excluding carboxylic acids is 3. The van der Waals surface area contributed by atoms with E-state index in [0.29, 0.717) is 6.42 Å². The molecule has 5 aliphatic rings. The first-order chi connectivity index (χ1) is 17.5. The first-order valence-corrected chi connectivity index (χ1v) is 14.0. The van der Waals surface area contributed by atoms with E-state index in [0.717, 1.165) is 44.1 Å². The summed E-state index contributed by atoms with van der Waals surface area (Å²) in [6.07, 6.45) is 8.59. The van der Waals surface area contributed by atoms with Crippen molar-refractivity contribution in [3.8, 4) is 6.07 Å². The molecule has 0 bridgehead atoms. The highest BCUT2D eigenvalue weighted by atomic mass is 16.5. The van der Waals surface area contributed by atoms with E-state index in [1.165, 1.54) is 14.0 Å². The smallest absolute Gasteiger partial charge is 0.407 e. The van der Waals surface area contributed by atoms with Crippen LogP contribution in [-0.4, -0.2) is 41.0 Å². The number of hydrogen-bond donors (Lipinski definition) is 2. The lowest BCUT2D eigenvalue weighted by atomic mass is 9.35. The number of nitrogens with one attached hydrogen (secondary N) is 1. The zero-order chi connectivity index (χ0) is 28.1. The van der Waals surface area contributed by atoms with Crippen LogP contribution in [0.5, 0.6) is 0 Å². The van der Waals surface area contributed by atoms with Crippen LogP contribution in [-0.2, 0) is 14.3 Å². The minimum atomic E-state index is -1.67. The second-order valence-electron chi connectivity index (χ2n) is 14.5. The van der Waals surface area contributed by atoms with E-state index in [-0.39, 0.29) is 39.4 Å². The molecule has 7 nitrogen and oxygen atoms in total. The molecule has 7 heteroatoms. The topological polar surface area (TPSA) is 116 Å². The fraction of sp³-hybridized carbons (Fsp3) is 0.742. The van der Waals surface area contributed by atoms with Gasteiger partial charge in [-0.05, 0) is 80.1 Å². The molecular weight excluding hydrogens is 480 g/mol. The van der Waals surface area contributed by atoms with Gasteiger partial charge in [0.25, 0.3) is 0 Å². The summed E-state index contributed by atoms with van der Waals surface area (Å²) in [5.74, 6) is -1.18. The molecule has 3 saturated carbocycles. The molecular formula is C31H42N2O5. The minimum absolute atomic E-state index is 0.0296. The average molecular weight is 523 g/mol. The standard InChI is InChI=1S/C31H42N2O5/c1-26(2)10-12-31(33-25(36)38-7)13-11-29(5)23(19(31)16-26)20(34)14-22-27(3)15-18(17-32)24(35)30(6,37)21(27)8-9-28(22,29)4/h14-15,19,21,23,37H,8-13,16H2,1-7H3,(H,33,36)/t19?,21?,23-,27+,28-,29-,30+,31+/m1/s1. The first-order valence-electron chi connectivity index (χ1n) is 14.0. The maximum absolute atomic E-state index is 14.4. The Morgan fingerprint density at radius 3 is 2.37 bits per heavy atom. The summed E-state index contributed by atoms with van der Waals surface area (Å²) in [5.41, 5.74) is -2.74. The van der Waals surface area contributed by atoms with Crippen LogP contribution in [0.4, 0.5) is 4.79 Å². The molecule has 5 aliphatic carbocycles. The van der Waals surface area contributed by atoms with E-state index in [1.54, 1.807) is 12.2 Å². The molecule has 2 unspecified atom stereocenters. The van der Waals surface area contributed by atoms with Gasteiger partial charge < -0.3 is 15.2 Å². The number of rotatable bonds is 1. The number of carbonyl (C=O) groups is 3. The molecule has 0 aromatic carbocycles. The highest BCUT2D eigenvalue weighted by Crippen LogP contribution is 2.72. The third kappa shape index (κ3) is 3.31. The van der Waals surface area contributed by atoms with Crippen molar-refractivity contribution in [2.24, 2.45) is 39.4 Å². The number of aliphatic hydroxyl groups is 1. The van der Waals surface area contributed by atoms with Crippen molar-refractivity contribution in [2.45, 2.75) is 97.6 Å². The number of nitriles is 1. The maximum atomic E-state index is 14.4.